The van der Waals surface area contributed by atoms with Crippen molar-refractivity contribution in [3.05, 3.63) is 76.0 Å². The van der Waals surface area contributed by atoms with Gasteiger partial charge in [0.15, 0.2) is 5.69 Å². The lowest BCUT2D eigenvalue weighted by Gasteiger charge is -2.34. The number of nitrogens with zero attached hydrogens (tertiary/aromatic N) is 4. The Morgan fingerprint density at radius 2 is 1.89 bits per heavy atom. The highest BCUT2D eigenvalue weighted by atomic mass is 32.2. The molecule has 3 heterocycles. The highest BCUT2D eigenvalue weighted by Crippen LogP contribution is 2.33. The number of alkyl halides is 3. The van der Waals surface area contributed by atoms with Crippen molar-refractivity contribution in [2.24, 2.45) is 0 Å². The number of aldehydes is 1. The van der Waals surface area contributed by atoms with Crippen LogP contribution in [0, 0.1) is 6.92 Å². The first-order valence-electron chi connectivity index (χ1n) is 12.3. The second-order valence-electron chi connectivity index (χ2n) is 9.51. The van der Waals surface area contributed by atoms with E-state index in [1.165, 1.54) is 4.68 Å². The number of rotatable bonds is 8. The fraction of sp³-hybridized carbons (Fsp3) is 0.370. The molecule has 0 N–H and O–H groups in total. The first kappa shape index (κ1) is 26.7. The van der Waals surface area contributed by atoms with Crippen LogP contribution in [-0.2, 0) is 34.1 Å². The van der Waals surface area contributed by atoms with Crippen molar-refractivity contribution in [1.82, 2.24) is 19.7 Å². The molecule has 0 spiro atoms. The smallest absolute Gasteiger partial charge is 0.302 e. The number of piperidine rings is 1. The topological polar surface area (TPSA) is 68.1 Å². The van der Waals surface area contributed by atoms with Gasteiger partial charge < -0.3 is 4.79 Å². The Kier molecular flexibility index (Phi) is 7.78. The number of carbonyl (C=O) groups is 1. The van der Waals surface area contributed by atoms with Crippen LogP contribution in [0.4, 0.5) is 13.2 Å². The molecule has 0 bridgehead atoms. The fourth-order valence-corrected chi connectivity index (χ4v) is 7.25. The van der Waals surface area contributed by atoms with Gasteiger partial charge in [0.2, 0.25) is 0 Å². The molecule has 1 aliphatic heterocycles. The molecule has 1 aliphatic rings. The van der Waals surface area contributed by atoms with E-state index in [0.29, 0.717) is 24.5 Å². The normalized spacial score (nSPS) is 17.1. The van der Waals surface area contributed by atoms with Gasteiger partial charge in [-0.05, 0) is 55.8 Å². The highest BCUT2D eigenvalue weighted by molar-refractivity contribution is 7.84. The number of benzene rings is 2. The Morgan fingerprint density at radius 3 is 2.61 bits per heavy atom. The van der Waals surface area contributed by atoms with Crippen LogP contribution in [0.25, 0.3) is 10.8 Å². The number of thiazole rings is 1. The first-order chi connectivity index (χ1) is 18.2. The summed E-state index contributed by atoms with van der Waals surface area (Å²) in [4.78, 5) is 19.4. The quantitative estimate of drug-likeness (QED) is 0.264. The highest BCUT2D eigenvalue weighted by Gasteiger charge is 2.35. The minimum absolute atomic E-state index is 0.0808. The zero-order chi connectivity index (χ0) is 26.9. The number of aryl methyl sites for hydroxylation is 1. The Hall–Kier alpha value is -2.89. The van der Waals surface area contributed by atoms with Gasteiger partial charge in [-0.3, -0.25) is 13.8 Å². The largest absolute Gasteiger partial charge is 0.435 e. The van der Waals surface area contributed by atoms with Gasteiger partial charge in [0.1, 0.15) is 6.29 Å². The van der Waals surface area contributed by atoms with Crippen molar-refractivity contribution in [2.75, 3.05) is 13.1 Å². The number of hydrogen-bond donors (Lipinski definition) is 0. The van der Waals surface area contributed by atoms with E-state index in [1.807, 2.05) is 52.7 Å². The molecule has 5 rings (SSSR count). The summed E-state index contributed by atoms with van der Waals surface area (Å²) in [6.45, 7) is 2.91. The monoisotopic (exact) mass is 560 g/mol. The van der Waals surface area contributed by atoms with E-state index in [0.717, 1.165) is 51.6 Å². The van der Waals surface area contributed by atoms with Crippen molar-refractivity contribution < 1.29 is 22.2 Å². The summed E-state index contributed by atoms with van der Waals surface area (Å²) in [5.41, 5.74) is 0.230. The van der Waals surface area contributed by atoms with Crippen LogP contribution in [0.2, 0.25) is 0 Å². The molecule has 2 aromatic heterocycles. The van der Waals surface area contributed by atoms with Crippen molar-refractivity contribution in [1.29, 1.82) is 0 Å². The first-order valence-corrected chi connectivity index (χ1v) is 14.5. The molecular formula is C27H27F3N4O2S2. The molecule has 0 saturated carbocycles. The third-order valence-electron chi connectivity index (χ3n) is 6.98. The third kappa shape index (κ3) is 5.74. The van der Waals surface area contributed by atoms with Gasteiger partial charge in [-0.2, -0.15) is 18.3 Å². The predicted molar refractivity (Wildman–Crippen MR) is 142 cm³/mol. The molecule has 200 valence electrons. The van der Waals surface area contributed by atoms with Gasteiger partial charge in [0, 0.05) is 21.9 Å². The van der Waals surface area contributed by atoms with E-state index in [1.54, 1.807) is 18.3 Å². The maximum Gasteiger partial charge on any atom is 0.435 e. The summed E-state index contributed by atoms with van der Waals surface area (Å²) >= 11 is 1.57. The minimum Gasteiger partial charge on any atom is -0.302 e. The zero-order valence-electron chi connectivity index (χ0n) is 20.7. The Labute approximate surface area is 224 Å². The molecule has 4 aromatic rings. The van der Waals surface area contributed by atoms with E-state index in [9.17, 15) is 22.2 Å². The van der Waals surface area contributed by atoms with Gasteiger partial charge in [0.05, 0.1) is 39.8 Å². The second kappa shape index (κ2) is 11.1. The van der Waals surface area contributed by atoms with Crippen molar-refractivity contribution in [3.8, 4) is 0 Å². The van der Waals surface area contributed by atoms with Crippen molar-refractivity contribution in [3.63, 3.8) is 0 Å². The number of hydrogen-bond acceptors (Lipinski definition) is 6. The van der Waals surface area contributed by atoms with Crippen molar-refractivity contribution >= 4 is 39.2 Å². The summed E-state index contributed by atoms with van der Waals surface area (Å²) in [7, 11) is -1.22. The number of likely N-dealkylation sites (tertiary alicyclic amines) is 1. The summed E-state index contributed by atoms with van der Waals surface area (Å²) < 4.78 is 53.4. The van der Waals surface area contributed by atoms with E-state index < -0.39 is 28.7 Å². The maximum absolute atomic E-state index is 13.2. The van der Waals surface area contributed by atoms with Crippen LogP contribution >= 0.6 is 11.3 Å². The molecule has 11 heteroatoms. The third-order valence-corrected chi connectivity index (χ3v) is 9.44. The number of fused-ring (bicyclic) bond motifs is 1. The summed E-state index contributed by atoms with van der Waals surface area (Å²) in [5, 5.41) is 8.67. The van der Waals surface area contributed by atoms with Gasteiger partial charge in [-0.25, -0.2) is 4.98 Å². The van der Waals surface area contributed by atoms with Crippen LogP contribution in [-0.4, -0.2) is 49.3 Å². The Balaban J connectivity index is 1.19. The number of aromatic nitrogens is 3. The van der Waals surface area contributed by atoms with Crippen molar-refractivity contribution in [2.45, 2.75) is 55.1 Å². The average Bonchev–Trinajstić information content (AvgIpc) is 3.53. The van der Waals surface area contributed by atoms with Crippen LogP contribution < -0.4 is 0 Å². The lowest BCUT2D eigenvalue weighted by Crippen LogP contribution is -2.44. The van der Waals surface area contributed by atoms with E-state index in [4.69, 9.17) is 4.98 Å². The lowest BCUT2D eigenvalue weighted by molar-refractivity contribution is -0.141. The SMILES string of the molecule is Cc1cc(C(F)(F)F)nn1CC(C=O)N1CCC(c2nc(CS(=O)c3cccc4ccccc34)cs2)CC1. The molecule has 0 amide bonds. The summed E-state index contributed by atoms with van der Waals surface area (Å²) in [6.07, 6.45) is -2.15. The van der Waals surface area contributed by atoms with Crippen LogP contribution in [0.5, 0.6) is 0 Å². The van der Waals surface area contributed by atoms with E-state index >= 15 is 0 Å². The molecule has 1 saturated heterocycles. The van der Waals surface area contributed by atoms with Gasteiger partial charge in [-0.1, -0.05) is 36.4 Å². The summed E-state index contributed by atoms with van der Waals surface area (Å²) in [6, 6.07) is 14.2. The molecule has 1 fully saturated rings. The van der Waals surface area contributed by atoms with Crippen LogP contribution in [0.15, 0.2) is 58.8 Å². The lowest BCUT2D eigenvalue weighted by atomic mass is 9.96. The number of halogens is 3. The molecule has 0 radical (unpaired) electrons. The van der Waals surface area contributed by atoms with Crippen LogP contribution in [0.1, 0.15) is 40.8 Å². The zero-order valence-corrected chi connectivity index (χ0v) is 22.4. The molecule has 0 aliphatic carbocycles. The molecule has 2 atom stereocenters. The number of carbonyl (C=O) groups excluding carboxylic acids is 1. The minimum atomic E-state index is -4.51. The van der Waals surface area contributed by atoms with E-state index in [2.05, 4.69) is 5.10 Å². The standard InChI is InChI=1S/C27H27F3N4O2S2/c1-18-13-25(27(28,29)30)32-34(18)14-22(15-35)33-11-9-20(10-12-33)26-31-21(16-37-26)17-38(36)24-8-4-6-19-5-2-3-7-23(19)24/h2-8,13,15-16,20,22H,9-12,14,17H2,1H3. The molecule has 2 aromatic carbocycles. The molecule has 38 heavy (non-hydrogen) atoms. The Bertz CT molecular complexity index is 1450. The maximum atomic E-state index is 13.2. The van der Waals surface area contributed by atoms with Gasteiger partial charge in [0.25, 0.3) is 0 Å². The fourth-order valence-electron chi connectivity index (χ4n) is 4.92. The predicted octanol–water partition coefficient (Wildman–Crippen LogP) is 5.57. The molecule has 6 nitrogen and oxygen atoms in total. The van der Waals surface area contributed by atoms with Gasteiger partial charge >= 0.3 is 6.18 Å². The second-order valence-corrected chi connectivity index (χ2v) is 11.8. The average molecular weight is 561 g/mol. The molecule has 2 unspecified atom stereocenters. The summed E-state index contributed by atoms with van der Waals surface area (Å²) in [5.74, 6) is 0.575. The van der Waals surface area contributed by atoms with Crippen LogP contribution in [0.3, 0.4) is 0 Å². The van der Waals surface area contributed by atoms with Gasteiger partial charge in [-0.15, -0.1) is 11.3 Å². The Morgan fingerprint density at radius 1 is 1.16 bits per heavy atom. The molecular weight excluding hydrogens is 533 g/mol. The van der Waals surface area contributed by atoms with E-state index in [-0.39, 0.29) is 12.5 Å².